The standard InChI is InChI=1S/C9H17NO2S/c1-8(2,3)10-5-4-9(10)6-13(11,12)7-9/h4-7H2,1-3H3. The zero-order chi connectivity index (χ0) is 9.91. The maximum Gasteiger partial charge on any atom is 0.154 e. The van der Waals surface area contributed by atoms with E-state index in [0.717, 1.165) is 13.0 Å². The van der Waals surface area contributed by atoms with Crippen LogP contribution in [-0.4, -0.2) is 42.4 Å². The molecule has 0 N–H and O–H groups in total. The lowest BCUT2D eigenvalue weighted by molar-refractivity contribution is -0.0613. The van der Waals surface area contributed by atoms with Crippen molar-refractivity contribution >= 4 is 9.84 Å². The summed E-state index contributed by atoms with van der Waals surface area (Å²) in [6.07, 6.45) is 1.06. The average molecular weight is 203 g/mol. The number of rotatable bonds is 0. The predicted molar refractivity (Wildman–Crippen MR) is 52.5 cm³/mol. The molecule has 4 heteroatoms. The number of nitrogens with zero attached hydrogens (tertiary/aromatic N) is 1. The van der Waals surface area contributed by atoms with Gasteiger partial charge in [0.1, 0.15) is 0 Å². The van der Waals surface area contributed by atoms with Gasteiger partial charge in [0, 0.05) is 12.1 Å². The van der Waals surface area contributed by atoms with Crippen LogP contribution in [0.1, 0.15) is 27.2 Å². The third-order valence-corrected chi connectivity index (χ3v) is 5.11. The summed E-state index contributed by atoms with van der Waals surface area (Å²) in [4.78, 5) is 2.33. The molecule has 0 atom stereocenters. The van der Waals surface area contributed by atoms with Crippen LogP contribution in [0, 0.1) is 0 Å². The zero-order valence-electron chi connectivity index (χ0n) is 8.50. The number of hydrogen-bond donors (Lipinski definition) is 0. The van der Waals surface area contributed by atoms with Gasteiger partial charge in [-0.1, -0.05) is 0 Å². The van der Waals surface area contributed by atoms with Crippen LogP contribution in [0.4, 0.5) is 0 Å². The predicted octanol–water partition coefficient (Wildman–Crippen LogP) is 0.658. The fraction of sp³-hybridized carbons (Fsp3) is 1.00. The molecule has 0 radical (unpaired) electrons. The van der Waals surface area contributed by atoms with Crippen LogP contribution in [0.25, 0.3) is 0 Å². The van der Waals surface area contributed by atoms with E-state index in [0.29, 0.717) is 11.5 Å². The molecule has 0 unspecified atom stereocenters. The molecule has 0 saturated carbocycles. The van der Waals surface area contributed by atoms with Crippen LogP contribution in [0.2, 0.25) is 0 Å². The number of hydrogen-bond acceptors (Lipinski definition) is 3. The zero-order valence-corrected chi connectivity index (χ0v) is 9.32. The SMILES string of the molecule is CC(C)(C)N1CCC12CS(=O)(=O)C2. The van der Waals surface area contributed by atoms with E-state index < -0.39 is 9.84 Å². The molecule has 2 fully saturated rings. The van der Waals surface area contributed by atoms with Crippen molar-refractivity contribution in [1.82, 2.24) is 4.90 Å². The van der Waals surface area contributed by atoms with Crippen LogP contribution >= 0.6 is 0 Å². The Bertz CT molecular complexity index is 314. The summed E-state index contributed by atoms with van der Waals surface area (Å²) < 4.78 is 22.3. The van der Waals surface area contributed by atoms with Gasteiger partial charge in [0.05, 0.1) is 17.0 Å². The molecule has 0 amide bonds. The van der Waals surface area contributed by atoms with Crippen molar-refractivity contribution < 1.29 is 8.42 Å². The number of sulfone groups is 1. The lowest BCUT2D eigenvalue weighted by Crippen LogP contribution is -2.76. The molecule has 0 aromatic carbocycles. The van der Waals surface area contributed by atoms with Crippen molar-refractivity contribution in [2.75, 3.05) is 18.1 Å². The second kappa shape index (κ2) is 2.28. The van der Waals surface area contributed by atoms with Crippen molar-refractivity contribution in [2.45, 2.75) is 38.3 Å². The van der Waals surface area contributed by atoms with Gasteiger partial charge < -0.3 is 0 Å². The van der Waals surface area contributed by atoms with Crippen molar-refractivity contribution in [2.24, 2.45) is 0 Å². The Labute approximate surface area is 80.0 Å². The molecule has 0 aliphatic carbocycles. The van der Waals surface area contributed by atoms with E-state index >= 15 is 0 Å². The summed E-state index contributed by atoms with van der Waals surface area (Å²) in [6.45, 7) is 7.51. The Morgan fingerprint density at radius 1 is 1.23 bits per heavy atom. The first-order valence-corrected chi connectivity index (χ1v) is 6.56. The van der Waals surface area contributed by atoms with Crippen LogP contribution in [0.3, 0.4) is 0 Å². The van der Waals surface area contributed by atoms with Gasteiger partial charge in [-0.15, -0.1) is 0 Å². The third kappa shape index (κ3) is 1.31. The smallest absolute Gasteiger partial charge is 0.154 e. The summed E-state index contributed by atoms with van der Waals surface area (Å²) in [6, 6.07) is 0. The molecule has 0 aromatic heterocycles. The maximum absolute atomic E-state index is 11.1. The Hall–Kier alpha value is -0.0900. The van der Waals surface area contributed by atoms with Crippen LogP contribution in [-0.2, 0) is 9.84 Å². The lowest BCUT2D eigenvalue weighted by Gasteiger charge is -2.62. The maximum atomic E-state index is 11.1. The fourth-order valence-corrected chi connectivity index (χ4v) is 4.82. The van der Waals surface area contributed by atoms with Crippen molar-refractivity contribution in [3.05, 3.63) is 0 Å². The van der Waals surface area contributed by atoms with Crippen molar-refractivity contribution in [1.29, 1.82) is 0 Å². The summed E-state index contributed by atoms with van der Waals surface area (Å²) in [5.41, 5.74) is 0.144. The molecule has 0 bridgehead atoms. The molecule has 1 spiro atoms. The second-order valence-corrected chi connectivity index (χ2v) is 7.39. The highest BCUT2D eigenvalue weighted by atomic mass is 32.2. The van der Waals surface area contributed by atoms with Gasteiger partial charge >= 0.3 is 0 Å². The van der Waals surface area contributed by atoms with Gasteiger partial charge in [-0.2, -0.15) is 0 Å². The largest absolute Gasteiger partial charge is 0.291 e. The molecule has 13 heavy (non-hydrogen) atoms. The van der Waals surface area contributed by atoms with Crippen LogP contribution in [0.15, 0.2) is 0 Å². The van der Waals surface area contributed by atoms with Gasteiger partial charge in [-0.05, 0) is 27.2 Å². The Kier molecular flexibility index (Phi) is 1.66. The van der Waals surface area contributed by atoms with E-state index in [4.69, 9.17) is 0 Å². The summed E-state index contributed by atoms with van der Waals surface area (Å²) in [7, 11) is -2.68. The fourth-order valence-electron chi connectivity index (χ4n) is 2.66. The first-order valence-electron chi connectivity index (χ1n) is 4.73. The lowest BCUT2D eigenvalue weighted by atomic mass is 9.82. The normalized spacial score (nSPS) is 31.0. The molecule has 2 rings (SSSR count). The summed E-state index contributed by atoms with van der Waals surface area (Å²) >= 11 is 0. The highest BCUT2D eigenvalue weighted by molar-refractivity contribution is 7.93. The molecule has 2 aliphatic heterocycles. The molecular formula is C9H17NO2S. The third-order valence-electron chi connectivity index (χ3n) is 3.16. The molecule has 2 aliphatic rings. The van der Waals surface area contributed by atoms with Crippen LogP contribution < -0.4 is 0 Å². The Morgan fingerprint density at radius 3 is 2.00 bits per heavy atom. The van der Waals surface area contributed by atoms with E-state index in [2.05, 4.69) is 25.7 Å². The molecular weight excluding hydrogens is 186 g/mol. The van der Waals surface area contributed by atoms with Gasteiger partial charge in [-0.25, -0.2) is 8.42 Å². The summed E-state index contributed by atoms with van der Waals surface area (Å²) in [5, 5.41) is 0. The van der Waals surface area contributed by atoms with E-state index in [-0.39, 0.29) is 11.1 Å². The van der Waals surface area contributed by atoms with E-state index in [9.17, 15) is 8.42 Å². The van der Waals surface area contributed by atoms with E-state index in [1.165, 1.54) is 0 Å². The monoisotopic (exact) mass is 203 g/mol. The Balaban J connectivity index is 2.13. The Morgan fingerprint density at radius 2 is 1.77 bits per heavy atom. The topological polar surface area (TPSA) is 37.4 Å². The molecule has 2 heterocycles. The minimum Gasteiger partial charge on any atom is -0.291 e. The molecule has 3 nitrogen and oxygen atoms in total. The highest BCUT2D eigenvalue weighted by Gasteiger charge is 2.59. The first-order chi connectivity index (χ1) is 5.75. The molecule has 76 valence electrons. The number of likely N-dealkylation sites (tertiary alicyclic amines) is 1. The minimum atomic E-state index is -2.68. The molecule has 2 saturated heterocycles. The van der Waals surface area contributed by atoms with E-state index in [1.807, 2.05) is 0 Å². The van der Waals surface area contributed by atoms with Crippen molar-refractivity contribution in [3.63, 3.8) is 0 Å². The minimum absolute atomic E-state index is 0.0249. The van der Waals surface area contributed by atoms with Crippen molar-refractivity contribution in [3.8, 4) is 0 Å². The van der Waals surface area contributed by atoms with Gasteiger partial charge in [0.2, 0.25) is 0 Å². The van der Waals surface area contributed by atoms with E-state index in [1.54, 1.807) is 0 Å². The van der Waals surface area contributed by atoms with Crippen LogP contribution in [0.5, 0.6) is 0 Å². The first kappa shape index (κ1) is 9.46. The average Bonchev–Trinajstić information content (AvgIpc) is 1.74. The highest BCUT2D eigenvalue weighted by Crippen LogP contribution is 2.44. The van der Waals surface area contributed by atoms with Gasteiger partial charge in [0.15, 0.2) is 9.84 Å². The second-order valence-electron chi connectivity index (χ2n) is 5.33. The van der Waals surface area contributed by atoms with Gasteiger partial charge in [-0.3, -0.25) is 4.90 Å². The molecule has 0 aromatic rings. The van der Waals surface area contributed by atoms with Gasteiger partial charge in [0.25, 0.3) is 0 Å². The quantitative estimate of drug-likeness (QED) is 0.580. The summed E-state index contributed by atoms with van der Waals surface area (Å²) in [5.74, 6) is 0.772.